The van der Waals surface area contributed by atoms with Gasteiger partial charge in [0.25, 0.3) is 0 Å². The summed E-state index contributed by atoms with van der Waals surface area (Å²) in [5.74, 6) is 0.00136. The molecule has 0 radical (unpaired) electrons. The molecule has 1 aromatic heterocycles. The highest BCUT2D eigenvalue weighted by atomic mass is 16.6. The van der Waals surface area contributed by atoms with Crippen molar-refractivity contribution in [2.24, 2.45) is 4.99 Å². The molecule has 3 amide bonds. The number of aliphatic imine (C=N–C) groups is 1. The lowest BCUT2D eigenvalue weighted by Gasteiger charge is -2.28. The normalized spacial score (nSPS) is 20.0. The molecular weight excluding hydrogens is 598 g/mol. The molecule has 248 valence electrons. The molecule has 1 unspecified atom stereocenters. The van der Waals surface area contributed by atoms with Gasteiger partial charge < -0.3 is 19.3 Å². The summed E-state index contributed by atoms with van der Waals surface area (Å²) in [5, 5.41) is 7.65. The SMILES string of the molecule is CC(C)(C)OC(=O)N1CCCC1C1=NC=C(c2ccc(-c3ccc4c(NC(=O)[C@@H]5CCCN5C(=O)OC(C)(C)C)noc4c3)cc2)C1. The fourth-order valence-corrected chi connectivity index (χ4v) is 6.34. The molecule has 4 heterocycles. The molecule has 11 heteroatoms. The van der Waals surface area contributed by atoms with Crippen LogP contribution in [0.4, 0.5) is 15.4 Å². The Kier molecular flexibility index (Phi) is 8.59. The molecule has 0 bridgehead atoms. The van der Waals surface area contributed by atoms with Crippen LogP contribution in [0, 0.1) is 0 Å². The number of carbonyl (C=O) groups is 3. The van der Waals surface area contributed by atoms with Gasteiger partial charge in [0, 0.05) is 31.4 Å². The highest BCUT2D eigenvalue weighted by Gasteiger charge is 2.38. The van der Waals surface area contributed by atoms with Crippen LogP contribution in [-0.2, 0) is 14.3 Å². The zero-order valence-corrected chi connectivity index (χ0v) is 28.0. The van der Waals surface area contributed by atoms with Gasteiger partial charge in [0.1, 0.15) is 17.2 Å². The van der Waals surface area contributed by atoms with Crippen LogP contribution in [0.2, 0.25) is 0 Å². The van der Waals surface area contributed by atoms with E-state index in [1.54, 1.807) is 20.8 Å². The number of benzene rings is 2. The summed E-state index contributed by atoms with van der Waals surface area (Å²) >= 11 is 0. The van der Waals surface area contributed by atoms with Crippen molar-refractivity contribution in [3.63, 3.8) is 0 Å². The van der Waals surface area contributed by atoms with Crippen LogP contribution in [0.5, 0.6) is 0 Å². The molecule has 2 aromatic carbocycles. The van der Waals surface area contributed by atoms with Crippen molar-refractivity contribution in [2.75, 3.05) is 18.4 Å². The lowest BCUT2D eigenvalue weighted by atomic mass is 9.96. The largest absolute Gasteiger partial charge is 0.444 e. The number of likely N-dealkylation sites (tertiary alicyclic amines) is 2. The van der Waals surface area contributed by atoms with E-state index in [-0.39, 0.29) is 18.0 Å². The van der Waals surface area contributed by atoms with Crippen LogP contribution in [0.3, 0.4) is 0 Å². The molecule has 2 fully saturated rings. The number of rotatable bonds is 5. The number of nitrogens with one attached hydrogen (secondary N) is 1. The molecule has 11 nitrogen and oxygen atoms in total. The third-order valence-corrected chi connectivity index (χ3v) is 8.51. The predicted molar refractivity (Wildman–Crippen MR) is 180 cm³/mol. The van der Waals surface area contributed by atoms with Gasteiger partial charge in [-0.1, -0.05) is 35.5 Å². The van der Waals surface area contributed by atoms with Gasteiger partial charge in [0.2, 0.25) is 5.91 Å². The standard InChI is InChI=1S/C36H43N5O6/c1-35(2,3)45-33(43)40-17-7-9-28(40)27-19-25(21-37-27)23-13-11-22(12-14-23)24-15-16-26-30(20-24)47-39-31(26)38-32(42)29-10-8-18-41(29)34(44)46-36(4,5)6/h11-16,20-21,28-29H,7-10,17-19H2,1-6H3,(H,38,39,42)/t28?,29-/m0/s1. The number of amides is 3. The fourth-order valence-electron chi connectivity index (χ4n) is 6.34. The van der Waals surface area contributed by atoms with E-state index in [2.05, 4.69) is 34.7 Å². The molecule has 2 atom stereocenters. The number of nitrogens with zero attached hydrogens (tertiary/aromatic N) is 4. The maximum atomic E-state index is 13.2. The number of carbonyl (C=O) groups excluding carboxylic acids is 3. The van der Waals surface area contributed by atoms with Gasteiger partial charge in [-0.25, -0.2) is 9.59 Å². The fraction of sp³-hybridized carbons (Fsp3) is 0.472. The summed E-state index contributed by atoms with van der Waals surface area (Å²) in [6, 6.07) is 13.3. The van der Waals surface area contributed by atoms with E-state index in [0.717, 1.165) is 47.2 Å². The molecule has 2 saturated heterocycles. The average Bonchev–Trinajstić information content (AvgIpc) is 3.81. The third kappa shape index (κ3) is 7.18. The van der Waals surface area contributed by atoms with Crippen LogP contribution in [0.25, 0.3) is 27.7 Å². The summed E-state index contributed by atoms with van der Waals surface area (Å²) in [6.07, 6.45) is 4.92. The quantitative estimate of drug-likeness (QED) is 0.307. The Morgan fingerprint density at radius 2 is 1.45 bits per heavy atom. The summed E-state index contributed by atoms with van der Waals surface area (Å²) in [4.78, 5) is 46.7. The van der Waals surface area contributed by atoms with E-state index < -0.39 is 23.3 Å². The maximum absolute atomic E-state index is 13.2. The number of allylic oxidation sites excluding steroid dienone is 1. The van der Waals surface area contributed by atoms with Crippen molar-refractivity contribution >= 4 is 46.2 Å². The second kappa shape index (κ2) is 12.5. The summed E-state index contributed by atoms with van der Waals surface area (Å²) in [6.45, 7) is 12.2. The average molecular weight is 642 g/mol. The predicted octanol–water partition coefficient (Wildman–Crippen LogP) is 7.42. The Hall–Kier alpha value is -4.67. The third-order valence-electron chi connectivity index (χ3n) is 8.51. The number of ether oxygens (including phenoxy) is 2. The van der Waals surface area contributed by atoms with Gasteiger partial charge >= 0.3 is 12.2 Å². The van der Waals surface area contributed by atoms with E-state index in [0.29, 0.717) is 42.7 Å². The molecule has 0 spiro atoms. The smallest absolute Gasteiger partial charge is 0.410 e. The zero-order chi connectivity index (χ0) is 33.5. The van der Waals surface area contributed by atoms with Crippen molar-refractivity contribution in [1.82, 2.24) is 15.0 Å². The van der Waals surface area contributed by atoms with E-state index in [9.17, 15) is 14.4 Å². The van der Waals surface area contributed by atoms with E-state index in [1.165, 1.54) is 4.90 Å². The number of aromatic nitrogens is 1. The van der Waals surface area contributed by atoms with Crippen molar-refractivity contribution < 1.29 is 28.4 Å². The molecule has 1 N–H and O–H groups in total. The van der Waals surface area contributed by atoms with Crippen molar-refractivity contribution in [1.29, 1.82) is 0 Å². The molecule has 0 saturated carbocycles. The first-order chi connectivity index (χ1) is 22.3. The highest BCUT2D eigenvalue weighted by molar-refractivity contribution is 6.04. The molecule has 0 aliphatic carbocycles. The van der Waals surface area contributed by atoms with Crippen LogP contribution in [0.15, 0.2) is 58.2 Å². The molecule has 3 aliphatic heterocycles. The molecular formula is C36H43N5O6. The second-order valence-electron chi connectivity index (χ2n) is 14.4. The summed E-state index contributed by atoms with van der Waals surface area (Å²) < 4.78 is 16.7. The lowest BCUT2D eigenvalue weighted by molar-refractivity contribution is -0.120. The zero-order valence-electron chi connectivity index (χ0n) is 28.0. The second-order valence-corrected chi connectivity index (χ2v) is 14.4. The van der Waals surface area contributed by atoms with Crippen molar-refractivity contribution in [3.8, 4) is 11.1 Å². The van der Waals surface area contributed by atoms with Crippen molar-refractivity contribution in [2.45, 2.75) is 96.9 Å². The number of hydrogen-bond acceptors (Lipinski definition) is 8. The first kappa shape index (κ1) is 32.3. The lowest BCUT2D eigenvalue weighted by Crippen LogP contribution is -2.45. The van der Waals surface area contributed by atoms with Crippen LogP contribution in [-0.4, -0.2) is 75.1 Å². The minimum atomic E-state index is -0.644. The summed E-state index contributed by atoms with van der Waals surface area (Å²) in [5.41, 5.74) is 4.50. The van der Waals surface area contributed by atoms with E-state index >= 15 is 0 Å². The topological polar surface area (TPSA) is 127 Å². The van der Waals surface area contributed by atoms with Gasteiger partial charge in [-0.15, -0.1) is 0 Å². The molecule has 3 aliphatic rings. The maximum Gasteiger partial charge on any atom is 0.410 e. The van der Waals surface area contributed by atoms with Crippen LogP contribution in [0.1, 0.15) is 79.2 Å². The Bertz CT molecular complexity index is 1740. The Labute approximate surface area is 274 Å². The Morgan fingerprint density at radius 3 is 2.15 bits per heavy atom. The van der Waals surface area contributed by atoms with E-state index in [4.69, 9.17) is 19.0 Å². The Balaban J connectivity index is 1.09. The monoisotopic (exact) mass is 641 g/mol. The van der Waals surface area contributed by atoms with Gasteiger partial charge in [-0.3, -0.25) is 19.6 Å². The minimum absolute atomic E-state index is 0.0387. The minimum Gasteiger partial charge on any atom is -0.444 e. The van der Waals surface area contributed by atoms with Gasteiger partial charge in [0.15, 0.2) is 11.4 Å². The van der Waals surface area contributed by atoms with Crippen molar-refractivity contribution in [3.05, 3.63) is 54.2 Å². The van der Waals surface area contributed by atoms with Crippen LogP contribution < -0.4 is 5.32 Å². The summed E-state index contributed by atoms with van der Waals surface area (Å²) in [7, 11) is 0. The number of anilines is 1. The molecule has 6 rings (SSSR count). The molecule has 47 heavy (non-hydrogen) atoms. The first-order valence-electron chi connectivity index (χ1n) is 16.3. The Morgan fingerprint density at radius 1 is 0.830 bits per heavy atom. The van der Waals surface area contributed by atoms with Crippen LogP contribution >= 0.6 is 0 Å². The van der Waals surface area contributed by atoms with E-state index in [1.807, 2.05) is 50.1 Å². The highest BCUT2D eigenvalue weighted by Crippen LogP contribution is 2.33. The van der Waals surface area contributed by atoms with Gasteiger partial charge in [-0.2, -0.15) is 0 Å². The van der Waals surface area contributed by atoms with Gasteiger partial charge in [-0.05, 0) is 102 Å². The van der Waals surface area contributed by atoms with Gasteiger partial charge in [0.05, 0.1) is 11.4 Å². The number of hydrogen-bond donors (Lipinski definition) is 1. The molecule has 3 aromatic rings. The first-order valence-corrected chi connectivity index (χ1v) is 16.3. The number of fused-ring (bicyclic) bond motifs is 1.